The van der Waals surface area contributed by atoms with Crippen LogP contribution in [-0.2, 0) is 16.6 Å². The first-order chi connectivity index (χ1) is 14.0. The number of hydrogen-bond acceptors (Lipinski definition) is 4. The fourth-order valence-electron chi connectivity index (χ4n) is 3.65. The zero-order valence-electron chi connectivity index (χ0n) is 16.5. The van der Waals surface area contributed by atoms with Crippen LogP contribution < -0.4 is 9.46 Å². The Bertz CT molecular complexity index is 1200. The predicted octanol–water partition coefficient (Wildman–Crippen LogP) is 4.50. The molecule has 0 atom stereocenters. The molecule has 2 aromatic carbocycles. The monoisotopic (exact) mass is 409 g/mol. The summed E-state index contributed by atoms with van der Waals surface area (Å²) in [5, 5.41) is 10.5. The van der Waals surface area contributed by atoms with Crippen molar-refractivity contribution in [3.8, 4) is 23.1 Å². The summed E-state index contributed by atoms with van der Waals surface area (Å²) in [6.45, 7) is 5.24. The molecule has 150 valence electrons. The summed E-state index contributed by atoms with van der Waals surface area (Å²) in [4.78, 5) is 0. The maximum absolute atomic E-state index is 12.2. The Morgan fingerprint density at radius 2 is 1.90 bits per heavy atom. The Kier molecular flexibility index (Phi) is 4.97. The highest BCUT2D eigenvalue weighted by atomic mass is 32.2. The Morgan fingerprint density at radius 1 is 1.17 bits per heavy atom. The molecule has 1 fully saturated rings. The lowest BCUT2D eigenvalue weighted by Crippen LogP contribution is -2.17. The lowest BCUT2D eigenvalue weighted by atomic mass is 10.1. The molecule has 1 aromatic heterocycles. The number of aromatic nitrogens is 1. The molecule has 0 bridgehead atoms. The second-order valence-corrected chi connectivity index (χ2v) is 9.08. The summed E-state index contributed by atoms with van der Waals surface area (Å²) in [6, 6.07) is 15.4. The van der Waals surface area contributed by atoms with E-state index in [0.29, 0.717) is 24.4 Å². The van der Waals surface area contributed by atoms with Crippen molar-refractivity contribution >= 4 is 26.6 Å². The molecule has 0 radical (unpaired) electrons. The van der Waals surface area contributed by atoms with E-state index in [9.17, 15) is 13.7 Å². The van der Waals surface area contributed by atoms with Crippen molar-refractivity contribution in [3.05, 3.63) is 48.0 Å². The molecule has 1 heterocycles. The van der Waals surface area contributed by atoms with Crippen LogP contribution >= 0.6 is 0 Å². The number of rotatable bonds is 7. The molecule has 1 aliphatic rings. The quantitative estimate of drug-likeness (QED) is 0.623. The largest absolute Gasteiger partial charge is 0.494 e. The number of aryl methyl sites for hydroxylation is 1. The van der Waals surface area contributed by atoms with Crippen LogP contribution in [-0.4, -0.2) is 24.8 Å². The number of hydrogen-bond donors (Lipinski definition) is 1. The first-order valence-corrected chi connectivity index (χ1v) is 11.3. The van der Waals surface area contributed by atoms with E-state index >= 15 is 0 Å². The molecule has 4 rings (SSSR count). The number of nitrogens with one attached hydrogen (secondary N) is 1. The van der Waals surface area contributed by atoms with Gasteiger partial charge in [-0.15, -0.1) is 0 Å². The van der Waals surface area contributed by atoms with Crippen molar-refractivity contribution in [1.29, 1.82) is 5.26 Å². The number of fused-ring (bicyclic) bond motifs is 1. The smallest absolute Gasteiger partial charge is 0.235 e. The van der Waals surface area contributed by atoms with Crippen LogP contribution in [0.15, 0.2) is 42.5 Å². The van der Waals surface area contributed by atoms with Crippen LogP contribution in [0.3, 0.4) is 0 Å². The fourth-order valence-corrected chi connectivity index (χ4v) is 5.04. The van der Waals surface area contributed by atoms with Gasteiger partial charge in [-0.05, 0) is 62.6 Å². The van der Waals surface area contributed by atoms with Crippen molar-refractivity contribution in [3.63, 3.8) is 0 Å². The third-order valence-corrected chi connectivity index (χ3v) is 7.02. The van der Waals surface area contributed by atoms with Gasteiger partial charge >= 0.3 is 0 Å². The van der Waals surface area contributed by atoms with Crippen LogP contribution in [0, 0.1) is 11.3 Å². The molecule has 0 saturated heterocycles. The molecule has 0 amide bonds. The summed E-state index contributed by atoms with van der Waals surface area (Å²) < 4.78 is 34.7. The van der Waals surface area contributed by atoms with Gasteiger partial charge in [0.2, 0.25) is 10.0 Å². The zero-order valence-corrected chi connectivity index (χ0v) is 17.3. The maximum Gasteiger partial charge on any atom is 0.235 e. The van der Waals surface area contributed by atoms with E-state index in [-0.39, 0.29) is 5.25 Å². The average molecular weight is 410 g/mol. The summed E-state index contributed by atoms with van der Waals surface area (Å²) in [6.07, 6.45) is 1.44. The lowest BCUT2D eigenvalue weighted by molar-refractivity contribution is 0.340. The van der Waals surface area contributed by atoms with Crippen molar-refractivity contribution in [2.24, 2.45) is 0 Å². The van der Waals surface area contributed by atoms with E-state index in [1.165, 1.54) is 0 Å². The zero-order chi connectivity index (χ0) is 20.6. The molecule has 3 aromatic rings. The van der Waals surface area contributed by atoms with Gasteiger partial charge in [-0.3, -0.25) is 4.72 Å². The maximum atomic E-state index is 12.2. The minimum atomic E-state index is -3.30. The first kappa shape index (κ1) is 19.3. The van der Waals surface area contributed by atoms with Crippen molar-refractivity contribution < 1.29 is 13.2 Å². The summed E-state index contributed by atoms with van der Waals surface area (Å²) in [5.41, 5.74) is 3.80. The molecule has 7 heteroatoms. The van der Waals surface area contributed by atoms with Gasteiger partial charge in [0.15, 0.2) is 0 Å². The fraction of sp³-hybridized carbons (Fsp3) is 0.318. The first-order valence-electron chi connectivity index (χ1n) is 9.79. The second kappa shape index (κ2) is 7.45. The molecular weight excluding hydrogens is 386 g/mol. The summed E-state index contributed by atoms with van der Waals surface area (Å²) >= 11 is 0. The Hall–Kier alpha value is -2.98. The highest BCUT2D eigenvalue weighted by Gasteiger charge is 2.35. The lowest BCUT2D eigenvalue weighted by Gasteiger charge is -2.11. The summed E-state index contributed by atoms with van der Waals surface area (Å²) in [5.74, 6) is 0.737. The van der Waals surface area contributed by atoms with Crippen molar-refractivity contribution in [2.75, 3.05) is 11.3 Å². The minimum absolute atomic E-state index is 0.269. The second-order valence-electron chi connectivity index (χ2n) is 7.12. The standard InChI is InChI=1S/C22H23N3O3S/c1-3-25-21-12-9-17(28-4-2)13-19(21)20(14-23)22(25)15-5-7-16(8-6-15)24-29(26,27)18-10-11-18/h5-9,12-13,18,24H,3-4,10-11H2,1-2H3. The Morgan fingerprint density at radius 3 is 2.48 bits per heavy atom. The van der Waals surface area contributed by atoms with E-state index in [4.69, 9.17) is 4.74 Å². The van der Waals surface area contributed by atoms with Gasteiger partial charge in [-0.2, -0.15) is 5.26 Å². The van der Waals surface area contributed by atoms with Crippen LogP contribution in [0.1, 0.15) is 32.3 Å². The number of ether oxygens (including phenoxy) is 1. The van der Waals surface area contributed by atoms with Gasteiger partial charge in [0.05, 0.1) is 28.6 Å². The van der Waals surface area contributed by atoms with E-state index in [2.05, 4.69) is 15.4 Å². The predicted molar refractivity (Wildman–Crippen MR) is 114 cm³/mol. The number of benzene rings is 2. The highest BCUT2D eigenvalue weighted by molar-refractivity contribution is 7.93. The van der Waals surface area contributed by atoms with Gasteiger partial charge in [-0.25, -0.2) is 8.42 Å². The molecule has 0 aliphatic heterocycles. The van der Waals surface area contributed by atoms with Gasteiger partial charge in [0.1, 0.15) is 11.8 Å². The van der Waals surface area contributed by atoms with E-state index < -0.39 is 10.0 Å². The van der Waals surface area contributed by atoms with Gasteiger partial charge < -0.3 is 9.30 Å². The SMILES string of the molecule is CCOc1ccc2c(c1)c(C#N)c(-c1ccc(NS(=O)(=O)C3CC3)cc1)n2CC. The molecule has 0 unspecified atom stereocenters. The molecule has 29 heavy (non-hydrogen) atoms. The average Bonchev–Trinajstić information content (AvgIpc) is 3.52. The van der Waals surface area contributed by atoms with Crippen LogP contribution in [0.25, 0.3) is 22.2 Å². The topological polar surface area (TPSA) is 84.1 Å². The van der Waals surface area contributed by atoms with E-state index in [1.54, 1.807) is 12.1 Å². The number of sulfonamides is 1. The molecule has 1 aliphatic carbocycles. The number of anilines is 1. The van der Waals surface area contributed by atoms with E-state index in [1.807, 2.05) is 44.2 Å². The van der Waals surface area contributed by atoms with Gasteiger partial charge in [0.25, 0.3) is 0 Å². The Labute approximate surface area is 170 Å². The third kappa shape index (κ3) is 3.56. The van der Waals surface area contributed by atoms with E-state index in [0.717, 1.165) is 40.8 Å². The Balaban J connectivity index is 1.77. The van der Waals surface area contributed by atoms with Crippen LogP contribution in [0.4, 0.5) is 5.69 Å². The molecule has 1 saturated carbocycles. The highest BCUT2D eigenvalue weighted by Crippen LogP contribution is 2.36. The van der Waals surface area contributed by atoms with Crippen LogP contribution in [0.5, 0.6) is 5.75 Å². The molecular formula is C22H23N3O3S. The number of nitrogens with zero attached hydrogens (tertiary/aromatic N) is 2. The molecule has 0 spiro atoms. The third-order valence-electron chi connectivity index (χ3n) is 5.16. The minimum Gasteiger partial charge on any atom is -0.494 e. The molecule has 6 nitrogen and oxygen atoms in total. The van der Waals surface area contributed by atoms with Crippen molar-refractivity contribution in [2.45, 2.75) is 38.5 Å². The summed E-state index contributed by atoms with van der Waals surface area (Å²) in [7, 11) is -3.30. The van der Waals surface area contributed by atoms with Crippen molar-refractivity contribution in [1.82, 2.24) is 4.57 Å². The van der Waals surface area contributed by atoms with Crippen LogP contribution in [0.2, 0.25) is 0 Å². The number of nitriles is 1. The normalized spacial score (nSPS) is 14.0. The van der Waals surface area contributed by atoms with Gasteiger partial charge in [-0.1, -0.05) is 12.1 Å². The molecule has 1 N–H and O–H groups in total. The van der Waals surface area contributed by atoms with Gasteiger partial charge in [0, 0.05) is 17.6 Å².